The van der Waals surface area contributed by atoms with E-state index in [1.54, 1.807) is 13.8 Å². The number of rotatable bonds is 6. The molecular formula is C23H29NO5S. The second-order valence-electron chi connectivity index (χ2n) is 9.01. The fourth-order valence-electron chi connectivity index (χ4n) is 5.29. The Labute approximate surface area is 180 Å². The first-order chi connectivity index (χ1) is 14.3. The van der Waals surface area contributed by atoms with Gasteiger partial charge in [0, 0.05) is 4.88 Å². The Balaban J connectivity index is 1.64. The number of hydrogen-bond acceptors (Lipinski definition) is 5. The molecule has 6 nitrogen and oxygen atoms in total. The Hall–Kier alpha value is -2.15. The van der Waals surface area contributed by atoms with Crippen molar-refractivity contribution in [2.24, 2.45) is 29.6 Å². The third kappa shape index (κ3) is 3.68. The number of allylic oxidation sites excluding steroid dienone is 2. The summed E-state index contributed by atoms with van der Waals surface area (Å²) in [5.41, 5.74) is 1.46. The lowest BCUT2D eigenvalue weighted by molar-refractivity contribution is -0.146. The van der Waals surface area contributed by atoms with Crippen LogP contribution in [0.2, 0.25) is 0 Å². The van der Waals surface area contributed by atoms with Crippen LogP contribution in [-0.4, -0.2) is 29.1 Å². The molecule has 1 amide bonds. The van der Waals surface area contributed by atoms with E-state index in [0.717, 1.165) is 36.1 Å². The number of esters is 1. The summed E-state index contributed by atoms with van der Waals surface area (Å²) < 4.78 is 5.48. The van der Waals surface area contributed by atoms with Crippen molar-refractivity contribution >= 4 is 34.2 Å². The molecule has 0 saturated heterocycles. The average Bonchev–Trinajstić information content (AvgIpc) is 3.38. The standard InChI is InChI=1S/C23H29NO5S/c1-4-12-5-8-15-16(9-12)30-21(19(15)23(28)29-11(2)3)24-20(25)17-13-6-7-14(10-13)18(17)22(26)27/h6-7,11-14,17-18H,4-5,8-10H2,1-3H3,(H,24,25)(H,26,27)/t12-,13+,14-,17+,18-/m0/s1. The minimum atomic E-state index is -0.928. The topological polar surface area (TPSA) is 92.7 Å². The Morgan fingerprint density at radius 2 is 1.93 bits per heavy atom. The number of aliphatic carboxylic acids is 1. The molecule has 1 saturated carbocycles. The number of carbonyl (C=O) groups is 3. The summed E-state index contributed by atoms with van der Waals surface area (Å²) >= 11 is 1.46. The second-order valence-corrected chi connectivity index (χ2v) is 10.1. The van der Waals surface area contributed by atoms with Crippen LogP contribution in [0.5, 0.6) is 0 Å². The van der Waals surface area contributed by atoms with Crippen LogP contribution in [0.4, 0.5) is 5.00 Å². The molecule has 0 unspecified atom stereocenters. The van der Waals surface area contributed by atoms with Gasteiger partial charge < -0.3 is 15.2 Å². The number of hydrogen-bond donors (Lipinski definition) is 2. The van der Waals surface area contributed by atoms with E-state index in [9.17, 15) is 19.5 Å². The van der Waals surface area contributed by atoms with E-state index in [1.807, 2.05) is 12.2 Å². The molecule has 0 spiro atoms. The zero-order valence-corrected chi connectivity index (χ0v) is 18.5. The quantitative estimate of drug-likeness (QED) is 0.518. The van der Waals surface area contributed by atoms with Crippen molar-refractivity contribution in [1.82, 2.24) is 0 Å². The number of carboxylic acid groups (broad SMARTS) is 1. The molecule has 0 aliphatic heterocycles. The first-order valence-electron chi connectivity index (χ1n) is 10.9. The van der Waals surface area contributed by atoms with Crippen molar-refractivity contribution in [3.05, 3.63) is 28.2 Å². The van der Waals surface area contributed by atoms with Crippen molar-refractivity contribution in [3.8, 4) is 0 Å². The van der Waals surface area contributed by atoms with Crippen LogP contribution in [0.15, 0.2) is 12.2 Å². The summed E-state index contributed by atoms with van der Waals surface area (Å²) in [5, 5.41) is 13.1. The maximum Gasteiger partial charge on any atom is 0.341 e. The summed E-state index contributed by atoms with van der Waals surface area (Å²) in [7, 11) is 0. The summed E-state index contributed by atoms with van der Waals surface area (Å²) in [6, 6.07) is 0. The first-order valence-corrected chi connectivity index (χ1v) is 11.7. The zero-order valence-electron chi connectivity index (χ0n) is 17.6. The van der Waals surface area contributed by atoms with Crippen LogP contribution in [0.1, 0.15) is 60.8 Å². The largest absolute Gasteiger partial charge is 0.481 e. The van der Waals surface area contributed by atoms with Crippen molar-refractivity contribution in [2.75, 3.05) is 5.32 Å². The number of thiophene rings is 1. The van der Waals surface area contributed by atoms with Gasteiger partial charge in [-0.1, -0.05) is 25.5 Å². The second kappa shape index (κ2) is 8.17. The smallest absolute Gasteiger partial charge is 0.341 e. The maximum atomic E-state index is 13.2. The van der Waals surface area contributed by atoms with Gasteiger partial charge >= 0.3 is 11.9 Å². The van der Waals surface area contributed by atoms with Crippen LogP contribution in [0.25, 0.3) is 0 Å². The lowest BCUT2D eigenvalue weighted by atomic mass is 9.82. The highest BCUT2D eigenvalue weighted by molar-refractivity contribution is 7.17. The van der Waals surface area contributed by atoms with E-state index in [-0.39, 0.29) is 23.8 Å². The molecule has 4 rings (SSSR count). The van der Waals surface area contributed by atoms with Gasteiger partial charge in [-0.25, -0.2) is 4.79 Å². The van der Waals surface area contributed by atoms with Crippen molar-refractivity contribution in [3.63, 3.8) is 0 Å². The summed E-state index contributed by atoms with van der Waals surface area (Å²) in [4.78, 5) is 39.0. The molecule has 162 valence electrons. The van der Waals surface area contributed by atoms with Gasteiger partial charge in [0.05, 0.1) is 23.5 Å². The monoisotopic (exact) mass is 431 g/mol. The number of nitrogens with one attached hydrogen (secondary N) is 1. The van der Waals surface area contributed by atoms with Crippen molar-refractivity contribution in [1.29, 1.82) is 0 Å². The molecule has 2 bridgehead atoms. The predicted molar refractivity (Wildman–Crippen MR) is 115 cm³/mol. The highest BCUT2D eigenvalue weighted by Crippen LogP contribution is 2.49. The third-order valence-electron chi connectivity index (χ3n) is 6.78. The minimum absolute atomic E-state index is 0.0544. The molecule has 3 aliphatic rings. The van der Waals surface area contributed by atoms with Gasteiger partial charge in [-0.15, -0.1) is 11.3 Å². The summed E-state index contributed by atoms with van der Waals surface area (Å²) in [6.07, 6.45) is 8.16. The molecule has 30 heavy (non-hydrogen) atoms. The van der Waals surface area contributed by atoms with E-state index in [0.29, 0.717) is 22.9 Å². The number of carboxylic acids is 1. The molecule has 1 fully saturated rings. The Kier molecular flexibility index (Phi) is 5.75. The number of fused-ring (bicyclic) bond motifs is 3. The van der Waals surface area contributed by atoms with Gasteiger partial charge in [-0.05, 0) is 62.8 Å². The maximum absolute atomic E-state index is 13.2. The Bertz CT molecular complexity index is 902. The van der Waals surface area contributed by atoms with Gasteiger partial charge in [0.25, 0.3) is 0 Å². The van der Waals surface area contributed by atoms with Gasteiger partial charge in [0.15, 0.2) is 0 Å². The minimum Gasteiger partial charge on any atom is -0.481 e. The lowest BCUT2D eigenvalue weighted by Crippen LogP contribution is -2.36. The zero-order chi connectivity index (χ0) is 21.6. The van der Waals surface area contributed by atoms with Gasteiger partial charge in [-0.3, -0.25) is 9.59 Å². The van der Waals surface area contributed by atoms with E-state index < -0.39 is 23.8 Å². The highest BCUT2D eigenvalue weighted by Gasteiger charge is 2.52. The molecule has 0 radical (unpaired) electrons. The normalized spacial score (nSPS) is 29.1. The molecule has 0 aromatic carbocycles. The lowest BCUT2D eigenvalue weighted by Gasteiger charge is -2.23. The fraction of sp³-hybridized carbons (Fsp3) is 0.609. The number of amides is 1. The fourth-order valence-corrected chi connectivity index (χ4v) is 6.64. The molecule has 2 N–H and O–H groups in total. The van der Waals surface area contributed by atoms with E-state index in [4.69, 9.17) is 4.74 Å². The first kappa shape index (κ1) is 21.1. The number of anilines is 1. The van der Waals surface area contributed by atoms with Crippen LogP contribution in [-0.2, 0) is 27.2 Å². The van der Waals surface area contributed by atoms with Crippen molar-refractivity contribution in [2.45, 2.75) is 59.0 Å². The molecule has 7 heteroatoms. The Morgan fingerprint density at radius 1 is 1.23 bits per heavy atom. The summed E-state index contributed by atoms with van der Waals surface area (Å²) in [5.74, 6) is -2.50. The van der Waals surface area contributed by atoms with E-state index in [1.165, 1.54) is 11.3 Å². The predicted octanol–water partition coefficient (Wildman–Crippen LogP) is 4.29. The molecule has 1 heterocycles. The van der Waals surface area contributed by atoms with E-state index in [2.05, 4.69) is 12.2 Å². The van der Waals surface area contributed by atoms with Gasteiger partial charge in [-0.2, -0.15) is 0 Å². The molecule has 3 aliphatic carbocycles. The molecular weight excluding hydrogens is 402 g/mol. The van der Waals surface area contributed by atoms with E-state index >= 15 is 0 Å². The third-order valence-corrected chi connectivity index (χ3v) is 7.95. The average molecular weight is 432 g/mol. The Morgan fingerprint density at radius 3 is 2.57 bits per heavy atom. The number of carbonyl (C=O) groups excluding carboxylic acids is 2. The summed E-state index contributed by atoms with van der Waals surface area (Å²) in [6.45, 7) is 5.79. The van der Waals surface area contributed by atoms with Crippen LogP contribution in [0.3, 0.4) is 0 Å². The van der Waals surface area contributed by atoms with Crippen molar-refractivity contribution < 1.29 is 24.2 Å². The number of ether oxygens (including phenoxy) is 1. The van der Waals surface area contributed by atoms with Gasteiger partial charge in [0.1, 0.15) is 5.00 Å². The van der Waals surface area contributed by atoms with Crippen LogP contribution >= 0.6 is 11.3 Å². The van der Waals surface area contributed by atoms with Crippen LogP contribution in [0, 0.1) is 29.6 Å². The van der Waals surface area contributed by atoms with Crippen LogP contribution < -0.4 is 5.32 Å². The molecule has 5 atom stereocenters. The SMILES string of the molecule is CC[C@H]1CCc2c(sc(NC(=O)[C@H]3[C@@H](C(=O)O)[C@H]4C=C[C@@H]3C4)c2C(=O)OC(C)C)C1. The highest BCUT2D eigenvalue weighted by atomic mass is 32.1. The molecule has 1 aromatic heterocycles. The molecule has 1 aromatic rings. The van der Waals surface area contributed by atoms with Gasteiger partial charge in [0.2, 0.25) is 5.91 Å².